The van der Waals surface area contributed by atoms with E-state index in [1.165, 1.54) is 6.07 Å². The maximum Gasteiger partial charge on any atom is 0.251 e. The molecular formula is C21H22FN3O2. The number of nitrogens with zero attached hydrogens (tertiary/aromatic N) is 2. The highest BCUT2D eigenvalue weighted by Gasteiger charge is 2.12. The van der Waals surface area contributed by atoms with Crippen LogP contribution >= 0.6 is 0 Å². The van der Waals surface area contributed by atoms with E-state index in [1.807, 2.05) is 24.7 Å². The molecule has 1 N–H and O–H groups in total. The van der Waals surface area contributed by atoms with Crippen LogP contribution < -0.4 is 10.1 Å². The van der Waals surface area contributed by atoms with Gasteiger partial charge in [0.2, 0.25) is 0 Å². The predicted molar refractivity (Wildman–Crippen MR) is 101 cm³/mol. The van der Waals surface area contributed by atoms with Crippen molar-refractivity contribution in [2.45, 2.75) is 26.0 Å². The minimum absolute atomic E-state index is 0.186. The Morgan fingerprint density at radius 1 is 1.22 bits per heavy atom. The van der Waals surface area contributed by atoms with Gasteiger partial charge in [0.1, 0.15) is 24.0 Å². The lowest BCUT2D eigenvalue weighted by molar-refractivity contribution is 0.0940. The Hall–Kier alpha value is -3.15. The molecule has 27 heavy (non-hydrogen) atoms. The average Bonchev–Trinajstić information content (AvgIpc) is 3.07. The SMILES string of the molecule is CC(Cc1ccccc1F)NC(=O)c1ccc(OCc2nccn2C)cc1. The second kappa shape index (κ2) is 8.49. The molecule has 0 saturated carbocycles. The summed E-state index contributed by atoms with van der Waals surface area (Å²) in [7, 11) is 1.90. The van der Waals surface area contributed by atoms with Crippen LogP contribution in [0.15, 0.2) is 60.9 Å². The molecule has 0 radical (unpaired) electrons. The highest BCUT2D eigenvalue weighted by atomic mass is 19.1. The molecule has 1 heterocycles. The number of hydrogen-bond acceptors (Lipinski definition) is 3. The van der Waals surface area contributed by atoms with Crippen LogP contribution in [0.3, 0.4) is 0 Å². The molecule has 2 aromatic carbocycles. The Morgan fingerprint density at radius 2 is 1.96 bits per heavy atom. The van der Waals surface area contributed by atoms with E-state index in [1.54, 1.807) is 48.7 Å². The van der Waals surface area contributed by atoms with Gasteiger partial charge in [0.05, 0.1) is 0 Å². The minimum atomic E-state index is -0.257. The molecule has 1 atom stereocenters. The third-order valence-corrected chi connectivity index (χ3v) is 4.27. The van der Waals surface area contributed by atoms with Crippen molar-refractivity contribution in [2.24, 2.45) is 7.05 Å². The molecule has 0 aliphatic carbocycles. The lowest BCUT2D eigenvalue weighted by Crippen LogP contribution is -2.34. The molecule has 3 aromatic rings. The number of nitrogens with one attached hydrogen (secondary N) is 1. The van der Waals surface area contributed by atoms with Crippen LogP contribution in [0.2, 0.25) is 0 Å². The predicted octanol–water partition coefficient (Wildman–Crippen LogP) is 3.50. The average molecular weight is 367 g/mol. The molecule has 140 valence electrons. The Morgan fingerprint density at radius 3 is 2.63 bits per heavy atom. The van der Waals surface area contributed by atoms with E-state index in [2.05, 4.69) is 10.3 Å². The molecule has 0 aliphatic heterocycles. The summed E-state index contributed by atoms with van der Waals surface area (Å²) in [6, 6.07) is 13.3. The number of ether oxygens (including phenoxy) is 1. The highest BCUT2D eigenvalue weighted by Crippen LogP contribution is 2.14. The van der Waals surface area contributed by atoms with Crippen molar-refractivity contribution >= 4 is 5.91 Å². The van der Waals surface area contributed by atoms with Gasteiger partial charge in [0.25, 0.3) is 5.91 Å². The number of aryl methyl sites for hydroxylation is 1. The van der Waals surface area contributed by atoms with Crippen molar-refractivity contribution < 1.29 is 13.9 Å². The third kappa shape index (κ3) is 4.94. The van der Waals surface area contributed by atoms with Gasteiger partial charge in [0, 0.05) is 31.0 Å². The molecule has 0 bridgehead atoms. The van der Waals surface area contributed by atoms with E-state index in [-0.39, 0.29) is 17.8 Å². The Balaban J connectivity index is 1.54. The topological polar surface area (TPSA) is 56.1 Å². The number of benzene rings is 2. The Labute approximate surface area is 157 Å². The van der Waals surface area contributed by atoms with E-state index in [0.717, 1.165) is 5.82 Å². The van der Waals surface area contributed by atoms with Crippen LogP contribution in [0.1, 0.15) is 28.7 Å². The maximum atomic E-state index is 13.7. The summed E-state index contributed by atoms with van der Waals surface area (Å²) in [4.78, 5) is 16.6. The summed E-state index contributed by atoms with van der Waals surface area (Å²) in [6.45, 7) is 2.21. The fourth-order valence-electron chi connectivity index (χ4n) is 2.74. The number of aromatic nitrogens is 2. The van der Waals surface area contributed by atoms with Crippen LogP contribution in [-0.2, 0) is 20.1 Å². The molecule has 0 aliphatic rings. The zero-order valence-electron chi connectivity index (χ0n) is 15.4. The normalized spacial score (nSPS) is 11.8. The fourth-order valence-corrected chi connectivity index (χ4v) is 2.74. The lowest BCUT2D eigenvalue weighted by atomic mass is 10.1. The van der Waals surface area contributed by atoms with Crippen LogP contribution in [0.25, 0.3) is 0 Å². The molecule has 6 heteroatoms. The zero-order valence-corrected chi connectivity index (χ0v) is 15.4. The first-order valence-electron chi connectivity index (χ1n) is 8.76. The summed E-state index contributed by atoms with van der Waals surface area (Å²) in [5.74, 6) is 1.02. The molecule has 0 spiro atoms. The van der Waals surface area contributed by atoms with E-state index in [4.69, 9.17) is 4.74 Å². The largest absolute Gasteiger partial charge is 0.486 e. The molecule has 5 nitrogen and oxygen atoms in total. The Kier molecular flexibility index (Phi) is 5.86. The van der Waals surface area contributed by atoms with Crippen molar-refractivity contribution in [1.82, 2.24) is 14.9 Å². The van der Waals surface area contributed by atoms with Gasteiger partial charge in [-0.25, -0.2) is 9.37 Å². The number of halogens is 1. The smallest absolute Gasteiger partial charge is 0.251 e. The third-order valence-electron chi connectivity index (χ3n) is 4.27. The lowest BCUT2D eigenvalue weighted by Gasteiger charge is -2.15. The zero-order chi connectivity index (χ0) is 19.2. The van der Waals surface area contributed by atoms with Crippen LogP contribution in [-0.4, -0.2) is 21.5 Å². The van der Waals surface area contributed by atoms with Crippen LogP contribution in [0.5, 0.6) is 5.75 Å². The van der Waals surface area contributed by atoms with Crippen molar-refractivity contribution in [2.75, 3.05) is 0 Å². The van der Waals surface area contributed by atoms with E-state index >= 15 is 0 Å². The van der Waals surface area contributed by atoms with Crippen LogP contribution in [0.4, 0.5) is 4.39 Å². The van der Waals surface area contributed by atoms with Crippen molar-refractivity contribution in [3.63, 3.8) is 0 Å². The van der Waals surface area contributed by atoms with Gasteiger partial charge in [-0.3, -0.25) is 4.79 Å². The molecule has 1 unspecified atom stereocenters. The van der Waals surface area contributed by atoms with Gasteiger partial charge in [-0.15, -0.1) is 0 Å². The van der Waals surface area contributed by atoms with Gasteiger partial charge in [-0.1, -0.05) is 18.2 Å². The highest BCUT2D eigenvalue weighted by molar-refractivity contribution is 5.94. The monoisotopic (exact) mass is 367 g/mol. The quantitative estimate of drug-likeness (QED) is 0.695. The second-order valence-electron chi connectivity index (χ2n) is 6.44. The number of hydrogen-bond donors (Lipinski definition) is 1. The van der Waals surface area contributed by atoms with E-state index in [9.17, 15) is 9.18 Å². The maximum absolute atomic E-state index is 13.7. The van der Waals surface area contributed by atoms with E-state index in [0.29, 0.717) is 29.9 Å². The molecule has 0 saturated heterocycles. The number of carbonyl (C=O) groups is 1. The fraction of sp³-hybridized carbons (Fsp3) is 0.238. The number of imidazole rings is 1. The summed E-state index contributed by atoms with van der Waals surface area (Å²) >= 11 is 0. The van der Waals surface area contributed by atoms with Crippen molar-refractivity contribution in [3.05, 3.63) is 83.7 Å². The first-order valence-corrected chi connectivity index (χ1v) is 8.76. The summed E-state index contributed by atoms with van der Waals surface area (Å²) in [6.07, 6.45) is 4.01. The summed E-state index contributed by atoms with van der Waals surface area (Å²) in [5, 5.41) is 2.89. The van der Waals surface area contributed by atoms with Gasteiger partial charge >= 0.3 is 0 Å². The standard InChI is InChI=1S/C21H22FN3O2/c1-15(13-17-5-3-4-6-19(17)22)24-21(26)16-7-9-18(10-8-16)27-14-20-23-11-12-25(20)2/h3-12,15H,13-14H2,1-2H3,(H,24,26). The summed E-state index contributed by atoms with van der Waals surface area (Å²) in [5.41, 5.74) is 1.11. The molecule has 3 rings (SSSR count). The molecule has 1 amide bonds. The second-order valence-corrected chi connectivity index (χ2v) is 6.44. The number of carbonyl (C=O) groups excluding carboxylic acids is 1. The van der Waals surface area contributed by atoms with Gasteiger partial charge in [-0.05, 0) is 49.2 Å². The summed E-state index contributed by atoms with van der Waals surface area (Å²) < 4.78 is 21.3. The molecule has 0 fully saturated rings. The van der Waals surface area contributed by atoms with Crippen LogP contribution in [0, 0.1) is 5.82 Å². The number of rotatable bonds is 7. The van der Waals surface area contributed by atoms with Crippen molar-refractivity contribution in [1.29, 1.82) is 0 Å². The van der Waals surface area contributed by atoms with Gasteiger partial charge < -0.3 is 14.6 Å². The number of amides is 1. The molecule has 1 aromatic heterocycles. The Bertz CT molecular complexity index is 906. The van der Waals surface area contributed by atoms with Gasteiger partial charge in [0.15, 0.2) is 0 Å². The van der Waals surface area contributed by atoms with Crippen molar-refractivity contribution in [3.8, 4) is 5.75 Å². The van der Waals surface area contributed by atoms with E-state index < -0.39 is 0 Å². The first-order chi connectivity index (χ1) is 13.0. The molecular weight excluding hydrogens is 345 g/mol. The first kappa shape index (κ1) is 18.6. The van der Waals surface area contributed by atoms with Gasteiger partial charge in [-0.2, -0.15) is 0 Å². The minimum Gasteiger partial charge on any atom is -0.486 e.